The van der Waals surface area contributed by atoms with E-state index in [9.17, 15) is 9.59 Å². The molecule has 6 heteroatoms. The van der Waals surface area contributed by atoms with E-state index in [4.69, 9.17) is 5.11 Å². The number of nitrogens with zero attached hydrogens (tertiary/aromatic N) is 2. The van der Waals surface area contributed by atoms with Crippen LogP contribution in [0, 0.1) is 6.92 Å². The molecular formula is C11H15N3O3. The van der Waals surface area contributed by atoms with Crippen molar-refractivity contribution in [3.63, 3.8) is 0 Å². The van der Waals surface area contributed by atoms with Crippen molar-refractivity contribution in [3.05, 3.63) is 24.0 Å². The van der Waals surface area contributed by atoms with Crippen LogP contribution in [0.25, 0.3) is 0 Å². The summed E-state index contributed by atoms with van der Waals surface area (Å²) in [5.41, 5.74) is 1.45. The highest BCUT2D eigenvalue weighted by Crippen LogP contribution is 2.06. The molecule has 0 saturated heterocycles. The zero-order valence-corrected chi connectivity index (χ0v) is 9.80. The molecular weight excluding hydrogens is 222 g/mol. The zero-order valence-electron chi connectivity index (χ0n) is 9.80. The van der Waals surface area contributed by atoms with Crippen LogP contribution < -0.4 is 5.32 Å². The van der Waals surface area contributed by atoms with E-state index in [1.54, 1.807) is 25.4 Å². The van der Waals surface area contributed by atoms with Gasteiger partial charge in [0.15, 0.2) is 0 Å². The minimum atomic E-state index is -0.929. The van der Waals surface area contributed by atoms with Crippen molar-refractivity contribution in [1.29, 1.82) is 0 Å². The third-order valence-corrected chi connectivity index (χ3v) is 2.17. The number of aromatic nitrogens is 1. The molecule has 2 N–H and O–H groups in total. The molecule has 0 radical (unpaired) electrons. The standard InChI is InChI=1S/C11H15N3O3/c1-8-3-4-9(7-12-8)13-11(17)14(2)6-5-10(15)16/h3-4,7H,5-6H2,1-2H3,(H,13,17)(H,15,16). The number of hydrogen-bond acceptors (Lipinski definition) is 3. The summed E-state index contributed by atoms with van der Waals surface area (Å²) in [7, 11) is 1.54. The fourth-order valence-corrected chi connectivity index (χ4v) is 1.13. The molecule has 0 bridgehead atoms. The van der Waals surface area contributed by atoms with Gasteiger partial charge >= 0.3 is 12.0 Å². The topological polar surface area (TPSA) is 82.5 Å². The van der Waals surface area contributed by atoms with Gasteiger partial charge < -0.3 is 15.3 Å². The van der Waals surface area contributed by atoms with Crippen LogP contribution in [0.15, 0.2) is 18.3 Å². The summed E-state index contributed by atoms with van der Waals surface area (Å²) in [5, 5.41) is 11.1. The number of pyridine rings is 1. The predicted octanol–water partition coefficient (Wildman–Crippen LogP) is 1.33. The van der Waals surface area contributed by atoms with Crippen molar-refractivity contribution in [3.8, 4) is 0 Å². The lowest BCUT2D eigenvalue weighted by atomic mass is 10.3. The molecule has 6 nitrogen and oxygen atoms in total. The summed E-state index contributed by atoms with van der Waals surface area (Å²) in [5.74, 6) is -0.929. The van der Waals surface area contributed by atoms with Crippen LogP contribution in [-0.2, 0) is 4.79 Å². The quantitative estimate of drug-likeness (QED) is 0.827. The maximum atomic E-state index is 11.6. The molecule has 0 unspecified atom stereocenters. The Labute approximate surface area is 99.3 Å². The average Bonchev–Trinajstić information content (AvgIpc) is 2.28. The van der Waals surface area contributed by atoms with E-state index < -0.39 is 5.97 Å². The first-order valence-electron chi connectivity index (χ1n) is 5.15. The van der Waals surface area contributed by atoms with E-state index in [2.05, 4.69) is 10.3 Å². The highest BCUT2D eigenvalue weighted by Gasteiger charge is 2.10. The number of aryl methyl sites for hydroxylation is 1. The highest BCUT2D eigenvalue weighted by molar-refractivity contribution is 5.89. The highest BCUT2D eigenvalue weighted by atomic mass is 16.4. The molecule has 0 spiro atoms. The largest absolute Gasteiger partial charge is 0.481 e. The number of carbonyl (C=O) groups is 2. The van der Waals surface area contributed by atoms with Crippen molar-refractivity contribution in [1.82, 2.24) is 9.88 Å². The summed E-state index contributed by atoms with van der Waals surface area (Å²) in [4.78, 5) is 27.3. The number of carbonyl (C=O) groups excluding carboxylic acids is 1. The van der Waals surface area contributed by atoms with Gasteiger partial charge in [0.25, 0.3) is 0 Å². The lowest BCUT2D eigenvalue weighted by Crippen LogP contribution is -2.33. The molecule has 0 aliphatic carbocycles. The smallest absolute Gasteiger partial charge is 0.321 e. The molecule has 0 aliphatic rings. The molecule has 0 aliphatic heterocycles. The monoisotopic (exact) mass is 237 g/mol. The lowest BCUT2D eigenvalue weighted by molar-refractivity contribution is -0.137. The maximum absolute atomic E-state index is 11.6. The van der Waals surface area contributed by atoms with Gasteiger partial charge in [-0.25, -0.2) is 4.79 Å². The molecule has 17 heavy (non-hydrogen) atoms. The Balaban J connectivity index is 2.48. The van der Waals surface area contributed by atoms with Crippen LogP contribution in [0.5, 0.6) is 0 Å². The van der Waals surface area contributed by atoms with Crippen molar-refractivity contribution < 1.29 is 14.7 Å². The third kappa shape index (κ3) is 4.50. The van der Waals surface area contributed by atoms with Gasteiger partial charge in [-0.3, -0.25) is 9.78 Å². The fraction of sp³-hybridized carbons (Fsp3) is 0.364. The van der Waals surface area contributed by atoms with Gasteiger partial charge in [-0.2, -0.15) is 0 Å². The Hall–Kier alpha value is -2.11. The molecule has 0 saturated carbocycles. The second-order valence-corrected chi connectivity index (χ2v) is 3.68. The summed E-state index contributed by atoms with van der Waals surface area (Å²) in [6, 6.07) is 3.18. The van der Waals surface area contributed by atoms with Gasteiger partial charge in [0, 0.05) is 19.3 Å². The fourth-order valence-electron chi connectivity index (χ4n) is 1.13. The Kier molecular flexibility index (Phi) is 4.45. The van der Waals surface area contributed by atoms with Gasteiger partial charge in [-0.05, 0) is 19.1 Å². The van der Waals surface area contributed by atoms with Crippen LogP contribution in [0.4, 0.5) is 10.5 Å². The van der Waals surface area contributed by atoms with E-state index in [0.717, 1.165) is 5.69 Å². The molecule has 0 aromatic carbocycles. The minimum Gasteiger partial charge on any atom is -0.481 e. The molecule has 1 aromatic rings. The molecule has 1 heterocycles. The number of nitrogens with one attached hydrogen (secondary N) is 1. The van der Waals surface area contributed by atoms with Crippen LogP contribution >= 0.6 is 0 Å². The molecule has 0 atom stereocenters. The van der Waals surface area contributed by atoms with E-state index in [0.29, 0.717) is 5.69 Å². The van der Waals surface area contributed by atoms with Crippen LogP contribution in [0.1, 0.15) is 12.1 Å². The number of rotatable bonds is 4. The predicted molar refractivity (Wildman–Crippen MR) is 62.9 cm³/mol. The Morgan fingerprint density at radius 3 is 2.71 bits per heavy atom. The number of aliphatic carboxylic acids is 1. The second-order valence-electron chi connectivity index (χ2n) is 3.68. The van der Waals surface area contributed by atoms with Gasteiger partial charge in [-0.1, -0.05) is 0 Å². The first-order valence-corrected chi connectivity index (χ1v) is 5.15. The summed E-state index contributed by atoms with van der Waals surface area (Å²) in [6.07, 6.45) is 1.48. The van der Waals surface area contributed by atoms with Crippen molar-refractivity contribution >= 4 is 17.7 Å². The van der Waals surface area contributed by atoms with E-state index >= 15 is 0 Å². The molecule has 1 aromatic heterocycles. The van der Waals surface area contributed by atoms with Gasteiger partial charge in [0.2, 0.25) is 0 Å². The van der Waals surface area contributed by atoms with Crippen LogP contribution in [0.3, 0.4) is 0 Å². The van der Waals surface area contributed by atoms with Crippen molar-refractivity contribution in [2.45, 2.75) is 13.3 Å². The molecule has 1 rings (SSSR count). The average molecular weight is 237 g/mol. The normalized spacial score (nSPS) is 9.76. The maximum Gasteiger partial charge on any atom is 0.321 e. The van der Waals surface area contributed by atoms with Gasteiger partial charge in [-0.15, -0.1) is 0 Å². The first-order chi connectivity index (χ1) is 7.99. The molecule has 0 fully saturated rings. The summed E-state index contributed by atoms with van der Waals surface area (Å²) >= 11 is 0. The van der Waals surface area contributed by atoms with Crippen LogP contribution in [-0.4, -0.2) is 40.6 Å². The number of carboxylic acid groups (broad SMARTS) is 1. The van der Waals surface area contributed by atoms with Crippen molar-refractivity contribution in [2.24, 2.45) is 0 Å². The van der Waals surface area contributed by atoms with E-state index in [1.807, 2.05) is 6.92 Å². The Morgan fingerprint density at radius 1 is 1.47 bits per heavy atom. The van der Waals surface area contributed by atoms with Crippen LogP contribution in [0.2, 0.25) is 0 Å². The third-order valence-electron chi connectivity index (χ3n) is 2.17. The Morgan fingerprint density at radius 2 is 2.18 bits per heavy atom. The van der Waals surface area contributed by atoms with E-state index in [1.165, 1.54) is 4.90 Å². The number of amides is 2. The number of hydrogen-bond donors (Lipinski definition) is 2. The van der Waals surface area contributed by atoms with E-state index in [-0.39, 0.29) is 19.0 Å². The second kappa shape index (κ2) is 5.83. The van der Waals surface area contributed by atoms with Gasteiger partial charge in [0.1, 0.15) is 0 Å². The summed E-state index contributed by atoms with van der Waals surface area (Å²) < 4.78 is 0. The minimum absolute atomic E-state index is 0.0733. The SMILES string of the molecule is Cc1ccc(NC(=O)N(C)CCC(=O)O)cn1. The van der Waals surface area contributed by atoms with Crippen molar-refractivity contribution in [2.75, 3.05) is 18.9 Å². The lowest BCUT2D eigenvalue weighted by Gasteiger charge is -2.16. The molecule has 92 valence electrons. The number of carboxylic acids is 1. The Bertz CT molecular complexity index is 403. The number of urea groups is 1. The van der Waals surface area contributed by atoms with Gasteiger partial charge in [0.05, 0.1) is 18.3 Å². The first kappa shape index (κ1) is 13.0. The zero-order chi connectivity index (χ0) is 12.8. The molecule has 2 amide bonds. The number of anilines is 1. The summed E-state index contributed by atoms with van der Waals surface area (Å²) in [6.45, 7) is 2.02.